The smallest absolute Gasteiger partial charge is 0.330 e. The summed E-state index contributed by atoms with van der Waals surface area (Å²) in [6.45, 7) is 6.05. The number of ether oxygens (including phenoxy) is 2. The Balaban J connectivity index is 2.28. The van der Waals surface area contributed by atoms with Crippen molar-refractivity contribution in [1.29, 1.82) is 0 Å². The predicted octanol–water partition coefficient (Wildman–Crippen LogP) is 3.38. The lowest BCUT2D eigenvalue weighted by atomic mass is 9.87. The van der Waals surface area contributed by atoms with E-state index >= 15 is 0 Å². The van der Waals surface area contributed by atoms with Crippen molar-refractivity contribution in [2.24, 2.45) is 11.8 Å². The topological polar surface area (TPSA) is 134 Å². The number of allylic oxidation sites excluding steroid dienone is 1. The molecule has 1 aliphatic heterocycles. The van der Waals surface area contributed by atoms with Gasteiger partial charge in [0, 0.05) is 18.4 Å². The van der Waals surface area contributed by atoms with E-state index in [4.69, 9.17) is 14.6 Å². The number of rotatable bonds is 16. The van der Waals surface area contributed by atoms with Crippen LogP contribution in [0.3, 0.4) is 0 Å². The van der Waals surface area contributed by atoms with Crippen LogP contribution in [0.1, 0.15) is 78.6 Å². The van der Waals surface area contributed by atoms with Gasteiger partial charge in [-0.1, -0.05) is 50.3 Å². The van der Waals surface area contributed by atoms with Crippen molar-refractivity contribution in [3.05, 3.63) is 23.8 Å². The molecule has 6 atom stereocenters. The van der Waals surface area contributed by atoms with Gasteiger partial charge in [-0.2, -0.15) is 0 Å². The summed E-state index contributed by atoms with van der Waals surface area (Å²) < 4.78 is 11.0. The highest BCUT2D eigenvalue weighted by molar-refractivity contribution is 5.82. The van der Waals surface area contributed by atoms with E-state index in [1.165, 1.54) is 6.08 Å². The minimum absolute atomic E-state index is 0.0160. The van der Waals surface area contributed by atoms with Crippen molar-refractivity contribution in [3.63, 3.8) is 0 Å². The van der Waals surface area contributed by atoms with Crippen LogP contribution in [0.4, 0.5) is 0 Å². The van der Waals surface area contributed by atoms with Crippen LogP contribution in [0, 0.1) is 11.8 Å². The molecule has 0 aromatic carbocycles. The molecule has 0 aliphatic carbocycles. The number of carboxylic acids is 1. The second-order valence-electron chi connectivity index (χ2n) is 9.50. The van der Waals surface area contributed by atoms with Crippen molar-refractivity contribution in [3.8, 4) is 0 Å². The molecule has 0 bridgehead atoms. The number of hydrogen-bond donors (Lipinski definition) is 4. The van der Waals surface area contributed by atoms with Crippen molar-refractivity contribution in [1.82, 2.24) is 0 Å². The molecule has 1 fully saturated rings. The molecule has 1 saturated heterocycles. The summed E-state index contributed by atoms with van der Waals surface area (Å²) in [5, 5.41) is 39.1. The quantitative estimate of drug-likeness (QED) is 0.113. The van der Waals surface area contributed by atoms with E-state index < -0.39 is 36.4 Å². The fourth-order valence-corrected chi connectivity index (χ4v) is 3.84. The fraction of sp³-hybridized carbons (Fsp3) is 0.769. The number of carbonyl (C=O) groups excluding carboxylic acids is 1. The molecule has 0 spiro atoms. The lowest BCUT2D eigenvalue weighted by Gasteiger charge is -2.37. The van der Waals surface area contributed by atoms with Crippen molar-refractivity contribution >= 4 is 11.9 Å². The van der Waals surface area contributed by atoms with E-state index in [-0.39, 0.29) is 18.3 Å². The Bertz CT molecular complexity index is 657. The maximum Gasteiger partial charge on any atom is 0.330 e. The first-order valence-electron chi connectivity index (χ1n) is 12.5. The van der Waals surface area contributed by atoms with Crippen LogP contribution in [-0.4, -0.2) is 70.0 Å². The van der Waals surface area contributed by atoms with Crippen LogP contribution >= 0.6 is 0 Å². The molecule has 1 aliphatic rings. The Hall–Kier alpha value is -1.74. The summed E-state index contributed by atoms with van der Waals surface area (Å²) in [4.78, 5) is 22.5. The predicted molar refractivity (Wildman–Crippen MR) is 129 cm³/mol. The summed E-state index contributed by atoms with van der Waals surface area (Å²) in [6.07, 6.45) is 8.56. The van der Waals surface area contributed by atoms with Crippen LogP contribution < -0.4 is 0 Å². The summed E-state index contributed by atoms with van der Waals surface area (Å²) in [7, 11) is 0. The van der Waals surface area contributed by atoms with Gasteiger partial charge >= 0.3 is 11.9 Å². The molecular formula is C26H44O8. The Labute approximate surface area is 203 Å². The third kappa shape index (κ3) is 12.6. The molecule has 0 aromatic heterocycles. The fourth-order valence-electron chi connectivity index (χ4n) is 3.84. The molecule has 196 valence electrons. The number of aliphatic hydroxyl groups excluding tert-OH is 3. The van der Waals surface area contributed by atoms with Gasteiger partial charge in [0.05, 0.1) is 31.5 Å². The van der Waals surface area contributed by atoms with Crippen LogP contribution in [0.5, 0.6) is 0 Å². The average Bonchev–Trinajstić information content (AvgIpc) is 2.76. The lowest BCUT2D eigenvalue weighted by Crippen LogP contribution is -2.50. The van der Waals surface area contributed by atoms with Gasteiger partial charge in [-0.3, -0.25) is 4.79 Å². The summed E-state index contributed by atoms with van der Waals surface area (Å²) in [5.41, 5.74) is 0.712. The molecule has 1 rings (SSSR count). The van der Waals surface area contributed by atoms with Gasteiger partial charge in [0.15, 0.2) is 0 Å². The number of aliphatic carboxylic acids is 1. The van der Waals surface area contributed by atoms with Gasteiger partial charge in [-0.15, -0.1) is 0 Å². The minimum atomic E-state index is -1.05. The molecule has 0 radical (unpaired) electrons. The highest BCUT2D eigenvalue weighted by atomic mass is 16.5. The van der Waals surface area contributed by atoms with Crippen molar-refractivity contribution < 1.29 is 39.5 Å². The molecule has 34 heavy (non-hydrogen) atoms. The largest absolute Gasteiger partial charge is 0.481 e. The van der Waals surface area contributed by atoms with Crippen molar-refractivity contribution in [2.45, 2.75) is 103 Å². The van der Waals surface area contributed by atoms with E-state index in [0.717, 1.165) is 32.1 Å². The number of carbonyl (C=O) groups is 2. The van der Waals surface area contributed by atoms with E-state index in [9.17, 15) is 24.9 Å². The maximum absolute atomic E-state index is 12.0. The molecule has 8 heteroatoms. The van der Waals surface area contributed by atoms with Gasteiger partial charge in [0.2, 0.25) is 0 Å². The summed E-state index contributed by atoms with van der Waals surface area (Å²) in [6, 6.07) is 0. The average molecular weight is 485 g/mol. The van der Waals surface area contributed by atoms with E-state index in [0.29, 0.717) is 38.0 Å². The van der Waals surface area contributed by atoms with Crippen LogP contribution in [0.2, 0.25) is 0 Å². The zero-order chi connectivity index (χ0) is 25.5. The highest BCUT2D eigenvalue weighted by Crippen LogP contribution is 2.27. The van der Waals surface area contributed by atoms with Gasteiger partial charge in [-0.25, -0.2) is 4.79 Å². The Morgan fingerprint density at radius 2 is 1.71 bits per heavy atom. The lowest BCUT2D eigenvalue weighted by molar-refractivity contribution is -0.162. The standard InChI is InChI=1S/C26H44O8/c1-18(16-24(30)33-14-9-7-5-4-6-8-13-23(28)29)15-22-26(32)25(31)21(17-34-22)12-10-11-19(2)20(3)27/h10-11,16,19-22,25-27,31-32H,4-9,12-15,17H2,1-3H3,(H,28,29)/b11-10+,18-16+/t19-,20-,21-,22-,25+,26-/m0/s1. The van der Waals surface area contributed by atoms with Gasteiger partial charge in [0.25, 0.3) is 0 Å². The number of hydrogen-bond acceptors (Lipinski definition) is 7. The van der Waals surface area contributed by atoms with E-state index in [2.05, 4.69) is 0 Å². The minimum Gasteiger partial charge on any atom is -0.481 e. The normalized spacial score (nSPS) is 25.3. The summed E-state index contributed by atoms with van der Waals surface area (Å²) >= 11 is 0. The maximum atomic E-state index is 12.0. The van der Waals surface area contributed by atoms with Gasteiger partial charge < -0.3 is 29.9 Å². The molecule has 0 unspecified atom stereocenters. The first kappa shape index (κ1) is 30.3. The van der Waals surface area contributed by atoms with Crippen molar-refractivity contribution in [2.75, 3.05) is 13.2 Å². The zero-order valence-corrected chi connectivity index (χ0v) is 20.9. The highest BCUT2D eigenvalue weighted by Gasteiger charge is 2.37. The molecule has 0 amide bonds. The third-order valence-electron chi connectivity index (χ3n) is 6.29. The van der Waals surface area contributed by atoms with Crippen LogP contribution in [-0.2, 0) is 19.1 Å². The van der Waals surface area contributed by atoms with Gasteiger partial charge in [0.1, 0.15) is 6.10 Å². The third-order valence-corrected chi connectivity index (χ3v) is 6.29. The van der Waals surface area contributed by atoms with E-state index in [1.807, 2.05) is 19.1 Å². The second-order valence-corrected chi connectivity index (χ2v) is 9.50. The number of esters is 1. The molecule has 0 saturated carbocycles. The van der Waals surface area contributed by atoms with Crippen LogP contribution in [0.25, 0.3) is 0 Å². The molecule has 8 nitrogen and oxygen atoms in total. The van der Waals surface area contributed by atoms with Gasteiger partial charge in [-0.05, 0) is 45.4 Å². The number of aliphatic hydroxyl groups is 3. The molecule has 4 N–H and O–H groups in total. The number of carboxylic acid groups (broad SMARTS) is 1. The molecular weight excluding hydrogens is 440 g/mol. The Morgan fingerprint density at radius 3 is 2.35 bits per heavy atom. The summed E-state index contributed by atoms with van der Waals surface area (Å²) in [5.74, 6) is -1.40. The van der Waals surface area contributed by atoms with Crippen LogP contribution in [0.15, 0.2) is 23.8 Å². The SMILES string of the molecule is C/C(=C\C(=O)OCCCCCCCCC(=O)O)C[C@@H]1OC[C@H](C/C=C/[C@H](C)[C@H](C)O)[C@@H](O)[C@H]1O. The zero-order valence-electron chi connectivity index (χ0n) is 20.9. The second kappa shape index (κ2) is 16.8. The first-order valence-corrected chi connectivity index (χ1v) is 12.5. The number of unbranched alkanes of at least 4 members (excludes halogenated alkanes) is 5. The molecule has 1 heterocycles. The monoisotopic (exact) mass is 484 g/mol. The Morgan fingerprint density at radius 1 is 1.06 bits per heavy atom. The first-order chi connectivity index (χ1) is 16.1. The Kier molecular flexibility index (Phi) is 15.0. The van der Waals surface area contributed by atoms with E-state index in [1.54, 1.807) is 13.8 Å². The molecule has 0 aromatic rings.